The van der Waals surface area contributed by atoms with Crippen molar-refractivity contribution in [2.75, 3.05) is 11.9 Å². The average molecular weight is 289 g/mol. The van der Waals surface area contributed by atoms with E-state index in [2.05, 4.69) is 16.9 Å². The molecule has 0 saturated carbocycles. The lowest BCUT2D eigenvalue weighted by Crippen LogP contribution is -2.01. The van der Waals surface area contributed by atoms with E-state index >= 15 is 0 Å². The Morgan fingerprint density at radius 3 is 2.80 bits per heavy atom. The number of ether oxygens (including phenoxy) is 1. The van der Waals surface area contributed by atoms with Crippen LogP contribution in [0, 0.1) is 6.92 Å². The number of halogens is 1. The second-order valence-electron chi connectivity index (χ2n) is 4.45. The zero-order valence-electron chi connectivity index (χ0n) is 11.4. The largest absolute Gasteiger partial charge is 0.490 e. The number of hydrogen-bond acceptors (Lipinski definition) is 3. The molecule has 3 nitrogen and oxygen atoms in total. The fraction of sp³-hybridized carbons (Fsp3) is 0.188. The van der Waals surface area contributed by atoms with E-state index in [9.17, 15) is 0 Å². The van der Waals surface area contributed by atoms with Gasteiger partial charge in [-0.1, -0.05) is 36.4 Å². The molecule has 0 aliphatic carbocycles. The normalized spacial score (nSPS) is 10.1. The summed E-state index contributed by atoms with van der Waals surface area (Å²) >= 11 is 6.04. The van der Waals surface area contributed by atoms with Gasteiger partial charge < -0.3 is 10.1 Å². The minimum Gasteiger partial charge on any atom is -0.490 e. The SMILES string of the molecule is C=CCOc1ccc(CNc2cc(C)cnc2Cl)cc1. The maximum atomic E-state index is 6.04. The van der Waals surface area contributed by atoms with Crippen LogP contribution in [0.4, 0.5) is 5.69 Å². The van der Waals surface area contributed by atoms with E-state index in [0.29, 0.717) is 18.3 Å². The Morgan fingerprint density at radius 1 is 1.35 bits per heavy atom. The van der Waals surface area contributed by atoms with Gasteiger partial charge in [-0.2, -0.15) is 0 Å². The van der Waals surface area contributed by atoms with E-state index < -0.39 is 0 Å². The minimum atomic E-state index is 0.488. The molecule has 0 atom stereocenters. The molecule has 20 heavy (non-hydrogen) atoms. The van der Waals surface area contributed by atoms with Gasteiger partial charge >= 0.3 is 0 Å². The van der Waals surface area contributed by atoms with Gasteiger partial charge in [-0.05, 0) is 36.2 Å². The molecule has 0 amide bonds. The van der Waals surface area contributed by atoms with Gasteiger partial charge in [0.1, 0.15) is 12.4 Å². The molecule has 1 heterocycles. The van der Waals surface area contributed by atoms with E-state index in [1.807, 2.05) is 37.3 Å². The second-order valence-corrected chi connectivity index (χ2v) is 4.81. The molecule has 0 bridgehead atoms. The minimum absolute atomic E-state index is 0.488. The second kappa shape index (κ2) is 6.96. The first kappa shape index (κ1) is 14.4. The van der Waals surface area contributed by atoms with Crippen LogP contribution < -0.4 is 10.1 Å². The molecule has 1 aromatic carbocycles. The highest BCUT2D eigenvalue weighted by molar-refractivity contribution is 6.31. The van der Waals surface area contributed by atoms with Crippen molar-refractivity contribution >= 4 is 17.3 Å². The third kappa shape index (κ3) is 4.00. The van der Waals surface area contributed by atoms with Gasteiger partial charge in [0.2, 0.25) is 0 Å². The summed E-state index contributed by atoms with van der Waals surface area (Å²) < 4.78 is 5.44. The first-order chi connectivity index (χ1) is 9.69. The summed E-state index contributed by atoms with van der Waals surface area (Å²) in [5.74, 6) is 0.837. The van der Waals surface area contributed by atoms with Crippen LogP contribution in [0.1, 0.15) is 11.1 Å². The summed E-state index contributed by atoms with van der Waals surface area (Å²) in [5, 5.41) is 3.77. The van der Waals surface area contributed by atoms with Gasteiger partial charge in [0, 0.05) is 12.7 Å². The van der Waals surface area contributed by atoms with Crippen molar-refractivity contribution in [3.8, 4) is 5.75 Å². The maximum Gasteiger partial charge on any atom is 0.152 e. The Hall–Kier alpha value is -2.00. The zero-order valence-corrected chi connectivity index (χ0v) is 12.2. The zero-order chi connectivity index (χ0) is 14.4. The standard InChI is InChI=1S/C16H17ClN2O/c1-3-8-20-14-6-4-13(5-7-14)11-18-15-9-12(2)10-19-16(15)17/h3-7,9-10,18H,1,8,11H2,2H3. The van der Waals surface area contributed by atoms with E-state index in [1.165, 1.54) is 0 Å². The molecule has 0 fully saturated rings. The predicted octanol–water partition coefficient (Wildman–Crippen LogP) is 4.22. The lowest BCUT2D eigenvalue weighted by Gasteiger charge is -2.09. The molecule has 2 rings (SSSR count). The fourth-order valence-corrected chi connectivity index (χ4v) is 1.90. The summed E-state index contributed by atoms with van der Waals surface area (Å²) in [6, 6.07) is 9.90. The molecule has 0 aliphatic heterocycles. The first-order valence-electron chi connectivity index (χ1n) is 6.37. The van der Waals surface area contributed by atoms with E-state index in [0.717, 1.165) is 22.6 Å². The fourth-order valence-electron chi connectivity index (χ4n) is 1.73. The van der Waals surface area contributed by atoms with E-state index in [-0.39, 0.29) is 0 Å². The highest BCUT2D eigenvalue weighted by atomic mass is 35.5. The Morgan fingerprint density at radius 2 is 2.10 bits per heavy atom. The summed E-state index contributed by atoms with van der Waals surface area (Å²) in [4.78, 5) is 4.11. The number of aryl methyl sites for hydroxylation is 1. The van der Waals surface area contributed by atoms with Gasteiger partial charge in [0.25, 0.3) is 0 Å². The Labute approximate surface area is 124 Å². The lowest BCUT2D eigenvalue weighted by molar-refractivity contribution is 0.363. The number of hydrogen-bond donors (Lipinski definition) is 1. The van der Waals surface area contributed by atoms with Crippen LogP contribution in [-0.2, 0) is 6.54 Å². The number of nitrogens with zero attached hydrogens (tertiary/aromatic N) is 1. The van der Waals surface area contributed by atoms with Crippen molar-refractivity contribution in [3.05, 3.63) is 65.5 Å². The Balaban J connectivity index is 1.96. The Bertz CT molecular complexity index is 582. The molecular weight excluding hydrogens is 272 g/mol. The number of aromatic nitrogens is 1. The van der Waals surface area contributed by atoms with Crippen molar-refractivity contribution < 1.29 is 4.74 Å². The van der Waals surface area contributed by atoms with E-state index in [4.69, 9.17) is 16.3 Å². The van der Waals surface area contributed by atoms with Crippen LogP contribution in [-0.4, -0.2) is 11.6 Å². The molecular formula is C16H17ClN2O. The topological polar surface area (TPSA) is 34.1 Å². The molecule has 0 saturated heterocycles. The number of nitrogens with one attached hydrogen (secondary N) is 1. The van der Waals surface area contributed by atoms with Crippen molar-refractivity contribution in [2.45, 2.75) is 13.5 Å². The van der Waals surface area contributed by atoms with Crippen molar-refractivity contribution in [3.63, 3.8) is 0 Å². The molecule has 4 heteroatoms. The third-order valence-electron chi connectivity index (χ3n) is 2.75. The van der Waals surface area contributed by atoms with Gasteiger partial charge in [-0.15, -0.1) is 0 Å². The molecule has 0 radical (unpaired) electrons. The van der Waals surface area contributed by atoms with Crippen molar-refractivity contribution in [1.82, 2.24) is 4.98 Å². The maximum absolute atomic E-state index is 6.04. The predicted molar refractivity (Wildman–Crippen MR) is 83.4 cm³/mol. The van der Waals surface area contributed by atoms with Gasteiger partial charge in [-0.25, -0.2) is 4.98 Å². The molecule has 1 aromatic heterocycles. The molecule has 0 spiro atoms. The highest BCUT2D eigenvalue weighted by Gasteiger charge is 2.02. The molecule has 1 N–H and O–H groups in total. The summed E-state index contributed by atoms with van der Waals surface area (Å²) in [5.41, 5.74) is 3.07. The summed E-state index contributed by atoms with van der Waals surface area (Å²) in [6.07, 6.45) is 3.47. The smallest absolute Gasteiger partial charge is 0.152 e. The van der Waals surface area contributed by atoms with Crippen molar-refractivity contribution in [2.24, 2.45) is 0 Å². The van der Waals surface area contributed by atoms with Gasteiger partial charge in [-0.3, -0.25) is 0 Å². The van der Waals surface area contributed by atoms with Gasteiger partial charge in [0.15, 0.2) is 5.15 Å². The first-order valence-corrected chi connectivity index (χ1v) is 6.75. The molecule has 2 aromatic rings. The molecule has 0 aliphatic rings. The highest BCUT2D eigenvalue weighted by Crippen LogP contribution is 2.21. The van der Waals surface area contributed by atoms with Crippen LogP contribution in [0.5, 0.6) is 5.75 Å². The molecule has 0 unspecified atom stereocenters. The average Bonchev–Trinajstić information content (AvgIpc) is 2.47. The number of benzene rings is 1. The van der Waals surface area contributed by atoms with Crippen LogP contribution in [0.25, 0.3) is 0 Å². The number of anilines is 1. The van der Waals surface area contributed by atoms with Crippen LogP contribution in [0.3, 0.4) is 0 Å². The lowest BCUT2D eigenvalue weighted by atomic mass is 10.2. The summed E-state index contributed by atoms with van der Waals surface area (Å²) in [6.45, 7) is 6.81. The summed E-state index contributed by atoms with van der Waals surface area (Å²) in [7, 11) is 0. The van der Waals surface area contributed by atoms with Crippen LogP contribution >= 0.6 is 11.6 Å². The van der Waals surface area contributed by atoms with Crippen molar-refractivity contribution in [1.29, 1.82) is 0 Å². The number of pyridine rings is 1. The molecule has 104 valence electrons. The monoisotopic (exact) mass is 288 g/mol. The van der Waals surface area contributed by atoms with Crippen LogP contribution in [0.15, 0.2) is 49.2 Å². The number of rotatable bonds is 6. The van der Waals surface area contributed by atoms with E-state index in [1.54, 1.807) is 12.3 Å². The quantitative estimate of drug-likeness (QED) is 0.638. The van der Waals surface area contributed by atoms with Gasteiger partial charge in [0.05, 0.1) is 5.69 Å². The van der Waals surface area contributed by atoms with Crippen LogP contribution in [0.2, 0.25) is 5.15 Å². The Kier molecular flexibility index (Phi) is 5.02. The third-order valence-corrected chi connectivity index (χ3v) is 3.05.